The summed E-state index contributed by atoms with van der Waals surface area (Å²) in [6.45, 7) is 15.4. The highest BCUT2D eigenvalue weighted by Gasteiger charge is 2.52. The number of carbonyl (C=O) groups excluding carboxylic acids is 2. The number of alkyl carbamates (subject to hydrolysis) is 1. The molecule has 0 unspecified atom stereocenters. The van der Waals surface area contributed by atoms with Gasteiger partial charge in [-0.2, -0.15) is 0 Å². The molecule has 7 nitrogen and oxygen atoms in total. The molecule has 0 spiro atoms. The van der Waals surface area contributed by atoms with Crippen molar-refractivity contribution in [3.8, 4) is 0 Å². The number of benzene rings is 1. The first-order valence-electron chi connectivity index (χ1n) is 10.4. The minimum Gasteiger partial charge on any atom is -0.465 e. The van der Waals surface area contributed by atoms with Gasteiger partial charge in [0.25, 0.3) is 0 Å². The summed E-state index contributed by atoms with van der Waals surface area (Å²) in [4.78, 5) is 24.0. The highest BCUT2D eigenvalue weighted by atomic mass is 16.7. The van der Waals surface area contributed by atoms with Crippen molar-refractivity contribution < 1.29 is 28.4 Å². The highest BCUT2D eigenvalue weighted by molar-refractivity contribution is 6.56. The third kappa shape index (κ3) is 6.34. The summed E-state index contributed by atoms with van der Waals surface area (Å²) >= 11 is 0. The Morgan fingerprint density at radius 2 is 1.71 bits per heavy atom. The summed E-state index contributed by atoms with van der Waals surface area (Å²) in [5.74, 6) is -0.392. The molecule has 1 amide bonds. The number of amides is 1. The normalized spacial score (nSPS) is 18.0. The molecule has 1 saturated heterocycles. The molecule has 1 aliphatic rings. The van der Waals surface area contributed by atoms with Gasteiger partial charge in [0.15, 0.2) is 0 Å². The monoisotopic (exact) mass is 431 g/mol. The average molecular weight is 431 g/mol. The fourth-order valence-corrected chi connectivity index (χ4v) is 2.97. The van der Waals surface area contributed by atoms with Gasteiger partial charge < -0.3 is 24.1 Å². The van der Waals surface area contributed by atoms with E-state index in [1.165, 1.54) is 7.11 Å². The zero-order valence-electron chi connectivity index (χ0n) is 20.0. The van der Waals surface area contributed by atoms with Crippen molar-refractivity contribution >= 4 is 25.3 Å². The molecule has 0 aromatic heterocycles. The molecule has 31 heavy (non-hydrogen) atoms. The molecule has 8 heteroatoms. The maximum Gasteiger partial charge on any atom is 0.492 e. The van der Waals surface area contributed by atoms with Crippen LogP contribution >= 0.6 is 0 Å². The first kappa shape index (κ1) is 24.9. The standard InChI is InChI=1S/C23H34BNO6/c1-15-12-17(19(26)28-9)11-10-16(15)13-18(14-25-20(27)29-21(2,3)4)24-30-22(5,6)23(7,8)31-24/h10-13H,14H2,1-9H3,(H,25,27). The van der Waals surface area contributed by atoms with Gasteiger partial charge in [0.1, 0.15) is 5.60 Å². The van der Waals surface area contributed by atoms with Crippen molar-refractivity contribution in [1.82, 2.24) is 5.32 Å². The SMILES string of the molecule is COC(=O)c1ccc(C=C(CNC(=O)OC(C)(C)C)B2OC(C)(C)C(C)(C)O2)c(C)c1. The molecule has 1 aliphatic heterocycles. The van der Waals surface area contributed by atoms with Crippen LogP contribution < -0.4 is 5.32 Å². The van der Waals surface area contributed by atoms with E-state index in [-0.39, 0.29) is 6.54 Å². The first-order valence-corrected chi connectivity index (χ1v) is 10.4. The van der Waals surface area contributed by atoms with E-state index in [1.807, 2.05) is 67.5 Å². The second-order valence-corrected chi connectivity index (χ2v) is 9.73. The van der Waals surface area contributed by atoms with Gasteiger partial charge in [0, 0.05) is 6.54 Å². The lowest BCUT2D eigenvalue weighted by Crippen LogP contribution is -2.41. The Kier molecular flexibility index (Phi) is 7.28. The number of ether oxygens (including phenoxy) is 2. The van der Waals surface area contributed by atoms with E-state index in [1.54, 1.807) is 12.1 Å². The van der Waals surface area contributed by atoms with E-state index in [0.717, 1.165) is 16.6 Å². The fraction of sp³-hybridized carbons (Fsp3) is 0.565. The molecule has 0 bridgehead atoms. The summed E-state index contributed by atoms with van der Waals surface area (Å²) < 4.78 is 22.5. The number of nitrogens with one attached hydrogen (secondary N) is 1. The maximum absolute atomic E-state index is 12.2. The van der Waals surface area contributed by atoms with Crippen LogP contribution in [0.2, 0.25) is 0 Å². The molecule has 0 saturated carbocycles. The minimum absolute atomic E-state index is 0.184. The lowest BCUT2D eigenvalue weighted by Gasteiger charge is -2.32. The maximum atomic E-state index is 12.2. The van der Waals surface area contributed by atoms with Crippen molar-refractivity contribution in [2.75, 3.05) is 13.7 Å². The Bertz CT molecular complexity index is 853. The van der Waals surface area contributed by atoms with E-state index in [0.29, 0.717) is 5.56 Å². The first-order chi connectivity index (χ1) is 14.1. The van der Waals surface area contributed by atoms with Crippen LogP contribution in [0, 0.1) is 6.92 Å². The van der Waals surface area contributed by atoms with Crippen molar-refractivity contribution in [3.63, 3.8) is 0 Å². The zero-order chi connectivity index (χ0) is 23.6. The minimum atomic E-state index is -0.639. The van der Waals surface area contributed by atoms with Crippen LogP contribution in [0.3, 0.4) is 0 Å². The molecule has 0 aliphatic carbocycles. The molecule has 2 rings (SSSR count). The number of carbonyl (C=O) groups is 2. The molecule has 0 atom stereocenters. The Morgan fingerprint density at radius 1 is 1.13 bits per heavy atom. The Labute approximate surface area is 185 Å². The van der Waals surface area contributed by atoms with Crippen LogP contribution in [0.4, 0.5) is 4.79 Å². The fourth-order valence-electron chi connectivity index (χ4n) is 2.97. The predicted molar refractivity (Wildman–Crippen MR) is 121 cm³/mol. The van der Waals surface area contributed by atoms with Gasteiger partial charge in [-0.05, 0) is 84.1 Å². The quantitative estimate of drug-likeness (QED) is 0.552. The molecule has 1 aromatic carbocycles. The van der Waals surface area contributed by atoms with Crippen LogP contribution in [-0.2, 0) is 18.8 Å². The van der Waals surface area contributed by atoms with E-state index < -0.39 is 36.0 Å². The Balaban J connectivity index is 2.34. The smallest absolute Gasteiger partial charge is 0.465 e. The van der Waals surface area contributed by atoms with Gasteiger partial charge in [0.2, 0.25) is 0 Å². The van der Waals surface area contributed by atoms with Gasteiger partial charge in [-0.15, -0.1) is 0 Å². The average Bonchev–Trinajstić information content (AvgIpc) is 2.84. The lowest BCUT2D eigenvalue weighted by molar-refractivity contribution is 0.00578. The summed E-state index contributed by atoms with van der Waals surface area (Å²) in [7, 11) is 0.712. The Morgan fingerprint density at radius 3 is 2.19 bits per heavy atom. The molecule has 0 radical (unpaired) electrons. The van der Waals surface area contributed by atoms with Crippen LogP contribution in [0.5, 0.6) is 0 Å². The number of esters is 1. The summed E-state index contributed by atoms with van der Waals surface area (Å²) in [6.07, 6.45) is 1.39. The molecular formula is C23H34BNO6. The molecule has 1 fully saturated rings. The lowest BCUT2D eigenvalue weighted by atomic mass is 9.76. The van der Waals surface area contributed by atoms with Gasteiger partial charge in [-0.25, -0.2) is 9.59 Å². The van der Waals surface area contributed by atoms with Crippen molar-refractivity contribution in [1.29, 1.82) is 0 Å². The van der Waals surface area contributed by atoms with E-state index in [4.69, 9.17) is 18.8 Å². The van der Waals surface area contributed by atoms with Gasteiger partial charge in [0.05, 0.1) is 23.9 Å². The van der Waals surface area contributed by atoms with Gasteiger partial charge in [-0.1, -0.05) is 12.1 Å². The second-order valence-electron chi connectivity index (χ2n) is 9.73. The summed E-state index contributed by atoms with van der Waals surface area (Å²) in [5.41, 5.74) is 1.33. The second kappa shape index (κ2) is 9.05. The van der Waals surface area contributed by atoms with Crippen LogP contribution in [0.25, 0.3) is 6.08 Å². The number of methoxy groups -OCH3 is 1. The number of rotatable bonds is 5. The summed E-state index contributed by atoms with van der Waals surface area (Å²) in [6, 6.07) is 5.30. The predicted octanol–water partition coefficient (Wildman–Crippen LogP) is 4.32. The molecule has 170 valence electrons. The third-order valence-electron chi connectivity index (χ3n) is 5.42. The van der Waals surface area contributed by atoms with Gasteiger partial charge >= 0.3 is 19.2 Å². The van der Waals surface area contributed by atoms with Crippen molar-refractivity contribution in [2.24, 2.45) is 0 Å². The van der Waals surface area contributed by atoms with Crippen molar-refractivity contribution in [3.05, 3.63) is 40.4 Å². The topological polar surface area (TPSA) is 83.1 Å². The number of aryl methyl sites for hydroxylation is 1. The Hall–Kier alpha value is -2.32. The van der Waals surface area contributed by atoms with Gasteiger partial charge in [-0.3, -0.25) is 0 Å². The number of hydrogen-bond acceptors (Lipinski definition) is 6. The van der Waals surface area contributed by atoms with E-state index in [2.05, 4.69) is 5.32 Å². The molecule has 1 N–H and O–H groups in total. The third-order valence-corrected chi connectivity index (χ3v) is 5.42. The largest absolute Gasteiger partial charge is 0.492 e. The van der Waals surface area contributed by atoms with Crippen LogP contribution in [-0.4, -0.2) is 49.6 Å². The van der Waals surface area contributed by atoms with E-state index >= 15 is 0 Å². The van der Waals surface area contributed by atoms with E-state index in [9.17, 15) is 9.59 Å². The highest BCUT2D eigenvalue weighted by Crippen LogP contribution is 2.38. The summed E-state index contributed by atoms with van der Waals surface area (Å²) in [5, 5.41) is 2.79. The number of hydrogen-bond donors (Lipinski definition) is 1. The molecule has 1 heterocycles. The molecule has 1 aromatic rings. The molecular weight excluding hydrogens is 397 g/mol. The zero-order valence-corrected chi connectivity index (χ0v) is 20.0. The van der Waals surface area contributed by atoms with Crippen LogP contribution in [0.15, 0.2) is 23.7 Å². The van der Waals surface area contributed by atoms with Crippen LogP contribution in [0.1, 0.15) is 70.0 Å². The van der Waals surface area contributed by atoms with Crippen molar-refractivity contribution in [2.45, 2.75) is 72.2 Å².